The van der Waals surface area contributed by atoms with E-state index in [0.29, 0.717) is 35.8 Å². The predicted molar refractivity (Wildman–Crippen MR) is 116 cm³/mol. The fraction of sp³-hybridized carbons (Fsp3) is 0.143. The van der Waals surface area contributed by atoms with Gasteiger partial charge in [-0.15, -0.1) is 10.2 Å². The molecule has 0 atom stereocenters. The minimum absolute atomic E-state index is 0.0696. The number of non-ortho nitro benzene ring substituents is 1. The van der Waals surface area contributed by atoms with Crippen molar-refractivity contribution in [1.29, 1.82) is 0 Å². The van der Waals surface area contributed by atoms with E-state index in [2.05, 4.69) is 20.6 Å². The summed E-state index contributed by atoms with van der Waals surface area (Å²) >= 11 is 1.47. The number of carbonyl (C=O) groups excluding carboxylic acids is 1. The number of carbonyl (C=O) groups is 1. The van der Waals surface area contributed by atoms with Crippen molar-refractivity contribution in [3.05, 3.63) is 93.8 Å². The van der Waals surface area contributed by atoms with E-state index in [1.165, 1.54) is 17.8 Å². The van der Waals surface area contributed by atoms with E-state index in [9.17, 15) is 14.9 Å². The molecule has 31 heavy (non-hydrogen) atoms. The third-order valence-corrected chi connectivity index (χ3v) is 5.47. The lowest BCUT2D eigenvalue weighted by Gasteiger charge is -2.05. The molecule has 4 aromatic rings. The van der Waals surface area contributed by atoms with Gasteiger partial charge >= 0.3 is 0 Å². The van der Waals surface area contributed by atoms with Gasteiger partial charge < -0.3 is 5.32 Å². The van der Waals surface area contributed by atoms with Gasteiger partial charge in [0.05, 0.1) is 4.92 Å². The molecule has 2 aromatic heterocycles. The van der Waals surface area contributed by atoms with Crippen LogP contribution in [0.5, 0.6) is 0 Å². The Morgan fingerprint density at radius 2 is 1.90 bits per heavy atom. The van der Waals surface area contributed by atoms with Crippen LogP contribution in [0, 0.1) is 10.1 Å². The zero-order valence-corrected chi connectivity index (χ0v) is 17.2. The molecule has 0 saturated carbocycles. The first-order valence-corrected chi connectivity index (χ1v) is 10.5. The number of nitrogens with zero attached hydrogens (tertiary/aromatic N) is 5. The van der Waals surface area contributed by atoms with Crippen LogP contribution < -0.4 is 5.32 Å². The number of benzene rings is 2. The topological polar surface area (TPSA) is 115 Å². The first kappa shape index (κ1) is 20.5. The van der Waals surface area contributed by atoms with Crippen molar-refractivity contribution in [2.75, 3.05) is 6.54 Å². The Kier molecular flexibility index (Phi) is 6.18. The Morgan fingerprint density at radius 3 is 2.71 bits per heavy atom. The van der Waals surface area contributed by atoms with E-state index in [-0.39, 0.29) is 11.6 Å². The van der Waals surface area contributed by atoms with E-state index < -0.39 is 4.92 Å². The van der Waals surface area contributed by atoms with Crippen molar-refractivity contribution < 1.29 is 9.72 Å². The number of aromatic nitrogens is 4. The molecule has 10 heteroatoms. The summed E-state index contributed by atoms with van der Waals surface area (Å²) in [4.78, 5) is 22.7. The Morgan fingerprint density at radius 1 is 1.06 bits per heavy atom. The van der Waals surface area contributed by atoms with Crippen molar-refractivity contribution in [3.8, 4) is 0 Å². The highest BCUT2D eigenvalue weighted by Crippen LogP contribution is 2.23. The predicted octanol–water partition coefficient (Wildman–Crippen LogP) is 3.30. The van der Waals surface area contributed by atoms with Gasteiger partial charge in [0.1, 0.15) is 5.03 Å². The summed E-state index contributed by atoms with van der Waals surface area (Å²) in [5.74, 6) is 1.04. The second-order valence-electron chi connectivity index (χ2n) is 6.65. The molecular formula is C21H18N6O3S. The van der Waals surface area contributed by atoms with Crippen LogP contribution in [0.3, 0.4) is 0 Å². The maximum Gasteiger partial charge on any atom is 0.269 e. The van der Waals surface area contributed by atoms with Gasteiger partial charge in [0.15, 0.2) is 11.5 Å². The van der Waals surface area contributed by atoms with Crippen molar-refractivity contribution in [3.63, 3.8) is 0 Å². The Bertz CT molecular complexity index is 1230. The van der Waals surface area contributed by atoms with Gasteiger partial charge in [-0.3, -0.25) is 14.9 Å². The standard InChI is InChI=1S/C21H18N6O3S/c28-21(16-6-2-1-3-7-16)22-12-11-19-24-23-18-9-10-20(25-26(18)19)31-14-15-5-4-8-17(13-15)27(29)30/h1-10,13H,11-12,14H2,(H,22,28). The van der Waals surface area contributed by atoms with Crippen LogP contribution in [0.4, 0.5) is 5.69 Å². The summed E-state index contributed by atoms with van der Waals surface area (Å²) < 4.78 is 1.66. The number of rotatable bonds is 8. The smallest absolute Gasteiger partial charge is 0.269 e. The first-order chi connectivity index (χ1) is 15.1. The molecule has 2 aromatic carbocycles. The molecule has 2 heterocycles. The second-order valence-corrected chi connectivity index (χ2v) is 7.64. The zero-order valence-electron chi connectivity index (χ0n) is 16.3. The molecule has 0 bridgehead atoms. The molecule has 0 fully saturated rings. The highest BCUT2D eigenvalue weighted by atomic mass is 32.2. The molecule has 1 N–H and O–H groups in total. The lowest BCUT2D eigenvalue weighted by molar-refractivity contribution is -0.384. The number of amides is 1. The number of nitro groups is 1. The van der Waals surface area contributed by atoms with Gasteiger partial charge in [-0.25, -0.2) is 0 Å². The average Bonchev–Trinajstić information content (AvgIpc) is 3.20. The molecule has 0 radical (unpaired) electrons. The molecule has 1 amide bonds. The molecule has 0 aliphatic heterocycles. The maximum atomic E-state index is 12.2. The van der Waals surface area contributed by atoms with Crippen LogP contribution in [-0.2, 0) is 12.2 Å². The number of fused-ring (bicyclic) bond motifs is 1. The number of nitro benzene ring substituents is 1. The summed E-state index contributed by atoms with van der Waals surface area (Å²) in [6, 6.07) is 19.2. The molecule has 0 spiro atoms. The largest absolute Gasteiger partial charge is 0.352 e. The monoisotopic (exact) mass is 434 g/mol. The molecule has 4 rings (SSSR count). The van der Waals surface area contributed by atoms with E-state index in [1.807, 2.05) is 36.4 Å². The van der Waals surface area contributed by atoms with Gasteiger partial charge in [-0.1, -0.05) is 42.1 Å². The zero-order chi connectivity index (χ0) is 21.6. The highest BCUT2D eigenvalue weighted by molar-refractivity contribution is 7.98. The molecule has 156 valence electrons. The summed E-state index contributed by atoms with van der Waals surface area (Å²) in [7, 11) is 0. The van der Waals surface area contributed by atoms with Gasteiger partial charge in [-0.2, -0.15) is 9.61 Å². The summed E-state index contributed by atoms with van der Waals surface area (Å²) in [5, 5.41) is 27.4. The van der Waals surface area contributed by atoms with Crippen molar-refractivity contribution >= 4 is 29.0 Å². The lowest BCUT2D eigenvalue weighted by atomic mass is 10.2. The van der Waals surface area contributed by atoms with Crippen LogP contribution in [0.1, 0.15) is 21.7 Å². The number of hydrogen-bond acceptors (Lipinski definition) is 7. The van der Waals surface area contributed by atoms with Crippen molar-refractivity contribution in [2.45, 2.75) is 17.2 Å². The van der Waals surface area contributed by atoms with Crippen LogP contribution in [0.2, 0.25) is 0 Å². The fourth-order valence-corrected chi connectivity index (χ4v) is 3.74. The molecule has 0 unspecified atom stereocenters. The third kappa shape index (κ3) is 5.04. The molecule has 9 nitrogen and oxygen atoms in total. The van der Waals surface area contributed by atoms with Crippen LogP contribution in [-0.4, -0.2) is 37.2 Å². The second kappa shape index (κ2) is 9.35. The Balaban J connectivity index is 1.40. The van der Waals surface area contributed by atoms with Crippen LogP contribution in [0.15, 0.2) is 71.8 Å². The highest BCUT2D eigenvalue weighted by Gasteiger charge is 2.11. The SMILES string of the molecule is O=C(NCCc1nnc2ccc(SCc3cccc([N+](=O)[O-])c3)nn12)c1ccccc1. The van der Waals surface area contributed by atoms with Crippen molar-refractivity contribution in [1.82, 2.24) is 25.1 Å². The maximum absolute atomic E-state index is 12.2. The van der Waals surface area contributed by atoms with Gasteiger partial charge in [0, 0.05) is 36.4 Å². The molecule has 0 aliphatic carbocycles. The average molecular weight is 434 g/mol. The molecular weight excluding hydrogens is 416 g/mol. The first-order valence-electron chi connectivity index (χ1n) is 9.51. The number of hydrogen-bond donors (Lipinski definition) is 1. The van der Waals surface area contributed by atoms with E-state index in [0.717, 1.165) is 10.6 Å². The quantitative estimate of drug-likeness (QED) is 0.257. The lowest BCUT2D eigenvalue weighted by Crippen LogP contribution is -2.26. The fourth-order valence-electron chi connectivity index (χ4n) is 2.95. The Hall–Kier alpha value is -3.79. The Labute approximate surface area is 181 Å². The van der Waals surface area contributed by atoms with Gasteiger partial charge in [0.25, 0.3) is 11.6 Å². The summed E-state index contributed by atoms with van der Waals surface area (Å²) in [6.07, 6.45) is 0.478. The summed E-state index contributed by atoms with van der Waals surface area (Å²) in [5.41, 5.74) is 2.13. The van der Waals surface area contributed by atoms with E-state index >= 15 is 0 Å². The van der Waals surface area contributed by atoms with Crippen LogP contribution >= 0.6 is 11.8 Å². The minimum Gasteiger partial charge on any atom is -0.352 e. The summed E-state index contributed by atoms with van der Waals surface area (Å²) in [6.45, 7) is 0.404. The van der Waals surface area contributed by atoms with Crippen LogP contribution in [0.25, 0.3) is 5.65 Å². The minimum atomic E-state index is -0.404. The van der Waals surface area contributed by atoms with Gasteiger partial charge in [0.2, 0.25) is 0 Å². The molecule has 0 aliphatic rings. The van der Waals surface area contributed by atoms with E-state index in [1.54, 1.807) is 28.8 Å². The molecule has 0 saturated heterocycles. The third-order valence-electron chi connectivity index (χ3n) is 4.48. The normalized spacial score (nSPS) is 10.8. The van der Waals surface area contributed by atoms with E-state index in [4.69, 9.17) is 0 Å². The van der Waals surface area contributed by atoms with Crippen molar-refractivity contribution in [2.24, 2.45) is 0 Å². The number of thioether (sulfide) groups is 1. The number of nitrogens with one attached hydrogen (secondary N) is 1. The van der Waals surface area contributed by atoms with Gasteiger partial charge in [-0.05, 0) is 29.8 Å².